The zero-order valence-corrected chi connectivity index (χ0v) is 11.5. The quantitative estimate of drug-likeness (QED) is 0.877. The molecule has 1 rings (SSSR count). The van der Waals surface area contributed by atoms with Gasteiger partial charge >= 0.3 is 0 Å². The summed E-state index contributed by atoms with van der Waals surface area (Å²) in [5.41, 5.74) is 1.95. The first-order chi connectivity index (χ1) is 7.92. The lowest BCUT2D eigenvalue weighted by atomic mass is 10.1. The zero-order valence-electron chi connectivity index (χ0n) is 10.7. The minimum Gasteiger partial charge on any atom is -0.492 e. The fourth-order valence-corrected chi connectivity index (χ4v) is 2.76. The van der Waals surface area contributed by atoms with Gasteiger partial charge in [0.25, 0.3) is 0 Å². The van der Waals surface area contributed by atoms with Crippen molar-refractivity contribution in [1.29, 1.82) is 0 Å². The summed E-state index contributed by atoms with van der Waals surface area (Å²) in [5, 5.41) is 0. The topological polar surface area (TPSA) is 55.4 Å². The van der Waals surface area contributed by atoms with E-state index < -0.39 is 10.0 Å². The molecule has 0 fully saturated rings. The highest BCUT2D eigenvalue weighted by Gasteiger charge is 2.19. The Labute approximate surface area is 103 Å². The molecule has 0 unspecified atom stereocenters. The van der Waals surface area contributed by atoms with Gasteiger partial charge in [-0.25, -0.2) is 13.1 Å². The van der Waals surface area contributed by atoms with Crippen molar-refractivity contribution in [2.75, 3.05) is 13.2 Å². The van der Waals surface area contributed by atoms with Crippen molar-refractivity contribution < 1.29 is 13.2 Å². The van der Waals surface area contributed by atoms with Crippen molar-refractivity contribution in [3.63, 3.8) is 0 Å². The molecule has 0 saturated carbocycles. The summed E-state index contributed by atoms with van der Waals surface area (Å²) in [6.45, 7) is 8.20. The average molecular weight is 257 g/mol. The average Bonchev–Trinajstić information content (AvgIpc) is 2.23. The van der Waals surface area contributed by atoms with Crippen LogP contribution in [0.3, 0.4) is 0 Å². The van der Waals surface area contributed by atoms with Gasteiger partial charge in [-0.1, -0.05) is 6.92 Å². The summed E-state index contributed by atoms with van der Waals surface area (Å²) in [6, 6.07) is 3.42. The molecule has 0 spiro atoms. The maximum absolute atomic E-state index is 12.0. The third kappa shape index (κ3) is 3.20. The van der Waals surface area contributed by atoms with E-state index >= 15 is 0 Å². The number of nitrogens with one attached hydrogen (secondary N) is 1. The minimum atomic E-state index is -3.48. The number of hydrogen-bond acceptors (Lipinski definition) is 3. The van der Waals surface area contributed by atoms with Crippen LogP contribution in [-0.2, 0) is 10.0 Å². The highest BCUT2D eigenvalue weighted by atomic mass is 32.2. The van der Waals surface area contributed by atoms with Crippen molar-refractivity contribution in [3.8, 4) is 5.75 Å². The number of hydrogen-bond donors (Lipinski definition) is 1. The summed E-state index contributed by atoms with van der Waals surface area (Å²) in [4.78, 5) is 0.212. The second-order valence-corrected chi connectivity index (χ2v) is 5.55. The Kier molecular flexibility index (Phi) is 4.54. The largest absolute Gasteiger partial charge is 0.492 e. The third-order valence-electron chi connectivity index (χ3n) is 2.48. The molecule has 4 nitrogen and oxygen atoms in total. The monoisotopic (exact) mass is 257 g/mol. The van der Waals surface area contributed by atoms with Crippen LogP contribution in [0.5, 0.6) is 5.75 Å². The van der Waals surface area contributed by atoms with E-state index in [-0.39, 0.29) is 4.90 Å². The van der Waals surface area contributed by atoms with Crippen molar-refractivity contribution in [3.05, 3.63) is 23.3 Å². The molecule has 0 aliphatic carbocycles. The number of benzene rings is 1. The lowest BCUT2D eigenvalue weighted by Crippen LogP contribution is -2.24. The van der Waals surface area contributed by atoms with Gasteiger partial charge in [-0.3, -0.25) is 0 Å². The maximum atomic E-state index is 12.0. The fraction of sp³-hybridized carbons (Fsp3) is 0.500. The highest BCUT2D eigenvalue weighted by molar-refractivity contribution is 7.89. The van der Waals surface area contributed by atoms with E-state index in [1.807, 2.05) is 20.8 Å². The Bertz CT molecular complexity index is 495. The van der Waals surface area contributed by atoms with Gasteiger partial charge in [-0.15, -0.1) is 0 Å². The van der Waals surface area contributed by atoms with Crippen LogP contribution in [0.1, 0.15) is 25.0 Å². The predicted octanol–water partition coefficient (Wildman–Crippen LogP) is 2.00. The highest BCUT2D eigenvalue weighted by Crippen LogP contribution is 2.27. The molecule has 0 aliphatic rings. The molecular formula is C12H19NO3S. The third-order valence-corrected chi connectivity index (χ3v) is 4.05. The normalized spacial score (nSPS) is 11.5. The number of rotatable bonds is 5. The summed E-state index contributed by atoms with van der Waals surface area (Å²) in [6.07, 6.45) is 0. The van der Waals surface area contributed by atoms with Crippen molar-refractivity contribution in [1.82, 2.24) is 4.72 Å². The first-order valence-corrected chi connectivity index (χ1v) is 7.14. The predicted molar refractivity (Wildman–Crippen MR) is 67.9 cm³/mol. The molecule has 1 N–H and O–H groups in total. The lowest BCUT2D eigenvalue weighted by molar-refractivity contribution is 0.330. The number of ether oxygens (including phenoxy) is 1. The van der Waals surface area contributed by atoms with Gasteiger partial charge in [0.15, 0.2) is 0 Å². The summed E-state index contributed by atoms with van der Waals surface area (Å²) < 4.78 is 31.9. The number of aryl methyl sites for hydroxylation is 2. The van der Waals surface area contributed by atoms with E-state index in [1.165, 1.54) is 0 Å². The van der Waals surface area contributed by atoms with Crippen LogP contribution in [0.4, 0.5) is 0 Å². The van der Waals surface area contributed by atoms with Gasteiger partial charge in [0.05, 0.1) is 6.61 Å². The second-order valence-electron chi connectivity index (χ2n) is 3.82. The van der Waals surface area contributed by atoms with Crippen LogP contribution in [0.25, 0.3) is 0 Å². The first kappa shape index (κ1) is 14.0. The maximum Gasteiger partial charge on any atom is 0.244 e. The fourth-order valence-electron chi connectivity index (χ4n) is 1.51. The SMILES string of the molecule is CCNS(=O)(=O)c1cc(C)c(C)cc1OCC. The lowest BCUT2D eigenvalue weighted by Gasteiger charge is -2.13. The molecule has 0 aliphatic heterocycles. The van der Waals surface area contributed by atoms with Crippen LogP contribution < -0.4 is 9.46 Å². The summed E-state index contributed by atoms with van der Waals surface area (Å²) >= 11 is 0. The summed E-state index contributed by atoms with van der Waals surface area (Å²) in [7, 11) is -3.48. The number of sulfonamides is 1. The van der Waals surface area contributed by atoms with Crippen molar-refractivity contribution >= 4 is 10.0 Å². The van der Waals surface area contributed by atoms with Gasteiger partial charge in [0.1, 0.15) is 10.6 Å². The van der Waals surface area contributed by atoms with E-state index in [2.05, 4.69) is 4.72 Å². The molecule has 1 aromatic carbocycles. The van der Waals surface area contributed by atoms with Gasteiger partial charge in [-0.05, 0) is 44.0 Å². The molecule has 0 amide bonds. The molecule has 17 heavy (non-hydrogen) atoms. The van der Waals surface area contributed by atoms with Crippen molar-refractivity contribution in [2.45, 2.75) is 32.6 Å². The second kappa shape index (κ2) is 5.51. The van der Waals surface area contributed by atoms with E-state index in [4.69, 9.17) is 4.74 Å². The molecule has 0 bridgehead atoms. The summed E-state index contributed by atoms with van der Waals surface area (Å²) in [5.74, 6) is 0.413. The van der Waals surface area contributed by atoms with Crippen LogP contribution in [-0.4, -0.2) is 21.6 Å². The van der Waals surface area contributed by atoms with Crippen LogP contribution in [0.15, 0.2) is 17.0 Å². The van der Waals surface area contributed by atoms with Gasteiger partial charge < -0.3 is 4.74 Å². The van der Waals surface area contributed by atoms with Gasteiger partial charge in [0, 0.05) is 6.54 Å². The Hall–Kier alpha value is -1.07. The van der Waals surface area contributed by atoms with Crippen LogP contribution in [0, 0.1) is 13.8 Å². The van der Waals surface area contributed by atoms with Crippen LogP contribution in [0.2, 0.25) is 0 Å². The molecule has 0 radical (unpaired) electrons. The molecule has 0 aromatic heterocycles. The van der Waals surface area contributed by atoms with E-state index in [9.17, 15) is 8.42 Å². The van der Waals surface area contributed by atoms with Gasteiger partial charge in [0.2, 0.25) is 10.0 Å². The first-order valence-electron chi connectivity index (χ1n) is 5.66. The molecular weight excluding hydrogens is 238 g/mol. The Morgan fingerprint density at radius 1 is 1.18 bits per heavy atom. The standard InChI is InChI=1S/C12H19NO3S/c1-5-13-17(14,15)12-8-10(4)9(3)7-11(12)16-6-2/h7-8,13H,5-6H2,1-4H3. The Morgan fingerprint density at radius 3 is 2.29 bits per heavy atom. The zero-order chi connectivity index (χ0) is 13.1. The Balaban J connectivity index is 3.35. The Morgan fingerprint density at radius 2 is 1.76 bits per heavy atom. The molecule has 5 heteroatoms. The molecule has 0 saturated heterocycles. The van der Waals surface area contributed by atoms with Crippen molar-refractivity contribution in [2.24, 2.45) is 0 Å². The molecule has 0 atom stereocenters. The molecule has 96 valence electrons. The van der Waals surface area contributed by atoms with E-state index in [1.54, 1.807) is 19.1 Å². The van der Waals surface area contributed by atoms with E-state index in [0.717, 1.165) is 11.1 Å². The molecule has 0 heterocycles. The van der Waals surface area contributed by atoms with Gasteiger partial charge in [-0.2, -0.15) is 0 Å². The van der Waals surface area contributed by atoms with Crippen LogP contribution >= 0.6 is 0 Å². The van der Waals surface area contributed by atoms with E-state index in [0.29, 0.717) is 18.9 Å². The minimum absolute atomic E-state index is 0.212. The smallest absolute Gasteiger partial charge is 0.244 e. The molecule has 1 aromatic rings.